The van der Waals surface area contributed by atoms with E-state index in [0.717, 1.165) is 31.0 Å². The smallest absolute Gasteiger partial charge is 0.151 e. The zero-order valence-corrected chi connectivity index (χ0v) is 15.8. The molecule has 1 aromatic carbocycles. The van der Waals surface area contributed by atoms with E-state index in [9.17, 15) is 0 Å². The SMILES string of the molecule is CN1CCC(Cc2nc(CCn3cnnn3)n(Cc3ccccc3)n2)CC1. The number of piperidine rings is 1. The molecule has 0 amide bonds. The van der Waals surface area contributed by atoms with Gasteiger partial charge in [0.2, 0.25) is 0 Å². The molecule has 1 aliphatic rings. The summed E-state index contributed by atoms with van der Waals surface area (Å²) in [5, 5.41) is 16.2. The van der Waals surface area contributed by atoms with Crippen LogP contribution in [-0.4, -0.2) is 60.0 Å². The lowest BCUT2D eigenvalue weighted by atomic mass is 9.94. The summed E-state index contributed by atoms with van der Waals surface area (Å²) in [5.74, 6) is 2.64. The minimum atomic E-state index is 0.682. The molecular formula is C19H26N8. The Hall–Kier alpha value is -2.61. The van der Waals surface area contributed by atoms with Gasteiger partial charge in [-0.3, -0.25) is 0 Å². The highest BCUT2D eigenvalue weighted by molar-refractivity contribution is 5.15. The molecule has 8 nitrogen and oxygen atoms in total. The molecule has 0 bridgehead atoms. The molecular weight excluding hydrogens is 340 g/mol. The third-order valence-electron chi connectivity index (χ3n) is 5.23. The van der Waals surface area contributed by atoms with Crippen molar-refractivity contribution in [2.24, 2.45) is 5.92 Å². The molecule has 0 radical (unpaired) electrons. The molecule has 2 aromatic heterocycles. The van der Waals surface area contributed by atoms with E-state index >= 15 is 0 Å². The first-order chi connectivity index (χ1) is 13.3. The maximum absolute atomic E-state index is 4.88. The van der Waals surface area contributed by atoms with Crippen molar-refractivity contribution in [3.63, 3.8) is 0 Å². The van der Waals surface area contributed by atoms with Crippen LogP contribution in [0.5, 0.6) is 0 Å². The number of aromatic nitrogens is 7. The lowest BCUT2D eigenvalue weighted by Crippen LogP contribution is -2.31. The highest BCUT2D eigenvalue weighted by atomic mass is 15.5. The van der Waals surface area contributed by atoms with Crippen LogP contribution in [0.4, 0.5) is 0 Å². The Morgan fingerprint density at radius 3 is 2.67 bits per heavy atom. The van der Waals surface area contributed by atoms with Crippen molar-refractivity contribution < 1.29 is 0 Å². The Balaban J connectivity index is 1.48. The first-order valence-electron chi connectivity index (χ1n) is 9.62. The van der Waals surface area contributed by atoms with Gasteiger partial charge in [0.25, 0.3) is 0 Å². The molecule has 27 heavy (non-hydrogen) atoms. The van der Waals surface area contributed by atoms with Gasteiger partial charge in [0, 0.05) is 12.8 Å². The van der Waals surface area contributed by atoms with Gasteiger partial charge in [-0.15, -0.1) is 5.10 Å². The van der Waals surface area contributed by atoms with E-state index in [4.69, 9.17) is 10.1 Å². The van der Waals surface area contributed by atoms with E-state index in [2.05, 4.69) is 51.7 Å². The number of hydrogen-bond acceptors (Lipinski definition) is 6. The van der Waals surface area contributed by atoms with Gasteiger partial charge in [-0.25, -0.2) is 14.3 Å². The highest BCUT2D eigenvalue weighted by Crippen LogP contribution is 2.20. The third kappa shape index (κ3) is 4.77. The van der Waals surface area contributed by atoms with E-state index in [0.29, 0.717) is 12.5 Å². The molecule has 3 aromatic rings. The Morgan fingerprint density at radius 2 is 1.93 bits per heavy atom. The van der Waals surface area contributed by atoms with Crippen molar-refractivity contribution in [2.45, 2.75) is 38.8 Å². The minimum absolute atomic E-state index is 0.682. The molecule has 0 saturated carbocycles. The Kier molecular flexibility index (Phi) is 5.53. The van der Waals surface area contributed by atoms with E-state index in [1.165, 1.54) is 31.5 Å². The van der Waals surface area contributed by atoms with Crippen LogP contribution in [-0.2, 0) is 25.9 Å². The van der Waals surface area contributed by atoms with Crippen molar-refractivity contribution in [1.82, 2.24) is 39.9 Å². The van der Waals surface area contributed by atoms with E-state index < -0.39 is 0 Å². The summed E-state index contributed by atoms with van der Waals surface area (Å²) in [4.78, 5) is 7.27. The van der Waals surface area contributed by atoms with Crippen LogP contribution >= 0.6 is 0 Å². The van der Waals surface area contributed by atoms with E-state index in [1.807, 2.05) is 10.7 Å². The van der Waals surface area contributed by atoms with Gasteiger partial charge in [-0.05, 0) is 54.9 Å². The van der Waals surface area contributed by atoms with Crippen molar-refractivity contribution in [3.05, 3.63) is 53.9 Å². The minimum Gasteiger partial charge on any atom is -0.306 e. The zero-order valence-electron chi connectivity index (χ0n) is 15.8. The molecule has 4 rings (SSSR count). The molecule has 1 fully saturated rings. The number of nitrogens with zero attached hydrogens (tertiary/aromatic N) is 8. The fourth-order valence-corrected chi connectivity index (χ4v) is 3.60. The number of hydrogen-bond donors (Lipinski definition) is 0. The number of aryl methyl sites for hydroxylation is 2. The predicted molar refractivity (Wildman–Crippen MR) is 101 cm³/mol. The number of rotatable bonds is 7. The predicted octanol–water partition coefficient (Wildman–Crippen LogP) is 1.44. The van der Waals surface area contributed by atoms with Crippen molar-refractivity contribution in [3.8, 4) is 0 Å². The van der Waals surface area contributed by atoms with Crippen LogP contribution in [0.15, 0.2) is 36.7 Å². The number of benzene rings is 1. The van der Waals surface area contributed by atoms with Crippen LogP contribution in [0.2, 0.25) is 0 Å². The maximum atomic E-state index is 4.88. The summed E-state index contributed by atoms with van der Waals surface area (Å²) in [7, 11) is 2.19. The summed E-state index contributed by atoms with van der Waals surface area (Å²) in [5.41, 5.74) is 1.23. The normalized spacial score (nSPS) is 16.0. The van der Waals surface area contributed by atoms with Crippen LogP contribution in [0.25, 0.3) is 0 Å². The Morgan fingerprint density at radius 1 is 1.11 bits per heavy atom. The van der Waals surface area contributed by atoms with Gasteiger partial charge in [0.15, 0.2) is 5.82 Å². The van der Waals surface area contributed by atoms with Crippen molar-refractivity contribution >= 4 is 0 Å². The summed E-state index contributed by atoms with van der Waals surface area (Å²) in [6.45, 7) is 3.78. The summed E-state index contributed by atoms with van der Waals surface area (Å²) >= 11 is 0. The first kappa shape index (κ1) is 17.8. The Bertz CT molecular complexity index is 819. The Labute approximate surface area is 159 Å². The van der Waals surface area contributed by atoms with Gasteiger partial charge in [0.05, 0.1) is 13.1 Å². The molecule has 142 valence electrons. The number of tetrazole rings is 1. The van der Waals surface area contributed by atoms with Gasteiger partial charge in [-0.2, -0.15) is 5.10 Å². The zero-order chi connectivity index (χ0) is 18.5. The molecule has 1 saturated heterocycles. The second-order valence-corrected chi connectivity index (χ2v) is 7.36. The molecule has 1 aliphatic heterocycles. The largest absolute Gasteiger partial charge is 0.306 e. The lowest BCUT2D eigenvalue weighted by molar-refractivity contribution is 0.217. The summed E-state index contributed by atoms with van der Waals surface area (Å²) in [6, 6.07) is 10.4. The second-order valence-electron chi connectivity index (χ2n) is 7.36. The van der Waals surface area contributed by atoms with Gasteiger partial charge < -0.3 is 4.90 Å². The molecule has 0 aliphatic carbocycles. The molecule has 0 unspecified atom stereocenters. The lowest BCUT2D eigenvalue weighted by Gasteiger charge is -2.28. The molecule has 3 heterocycles. The van der Waals surface area contributed by atoms with Crippen LogP contribution in [0.3, 0.4) is 0 Å². The topological polar surface area (TPSA) is 77.5 Å². The van der Waals surface area contributed by atoms with Crippen molar-refractivity contribution in [2.75, 3.05) is 20.1 Å². The highest BCUT2D eigenvalue weighted by Gasteiger charge is 2.20. The fourth-order valence-electron chi connectivity index (χ4n) is 3.60. The monoisotopic (exact) mass is 366 g/mol. The summed E-state index contributed by atoms with van der Waals surface area (Å²) in [6.07, 6.45) is 5.82. The quantitative estimate of drug-likeness (QED) is 0.630. The average Bonchev–Trinajstić information content (AvgIpc) is 3.33. The van der Waals surface area contributed by atoms with Crippen LogP contribution in [0, 0.1) is 5.92 Å². The second kappa shape index (κ2) is 8.39. The van der Waals surface area contributed by atoms with E-state index in [1.54, 1.807) is 11.0 Å². The van der Waals surface area contributed by atoms with Gasteiger partial charge >= 0.3 is 0 Å². The molecule has 0 N–H and O–H groups in total. The van der Waals surface area contributed by atoms with Gasteiger partial charge in [0.1, 0.15) is 12.2 Å². The molecule has 8 heteroatoms. The van der Waals surface area contributed by atoms with Crippen LogP contribution in [0.1, 0.15) is 30.1 Å². The average molecular weight is 366 g/mol. The molecule has 0 atom stereocenters. The summed E-state index contributed by atoms with van der Waals surface area (Å²) < 4.78 is 3.78. The number of likely N-dealkylation sites (tertiary alicyclic amines) is 1. The standard InChI is InChI=1S/C19H26N8/c1-25-10-7-16(8-11-25)13-18-21-19(9-12-26-15-20-23-24-26)27(22-18)14-17-5-3-2-4-6-17/h2-6,15-16H,7-14H2,1H3. The first-order valence-corrected chi connectivity index (χ1v) is 9.62. The van der Waals surface area contributed by atoms with Gasteiger partial charge in [-0.1, -0.05) is 30.3 Å². The van der Waals surface area contributed by atoms with E-state index in [-0.39, 0.29) is 0 Å². The maximum Gasteiger partial charge on any atom is 0.151 e. The van der Waals surface area contributed by atoms with Crippen LogP contribution < -0.4 is 0 Å². The molecule has 0 spiro atoms. The third-order valence-corrected chi connectivity index (χ3v) is 5.23. The fraction of sp³-hybridized carbons (Fsp3) is 0.526. The van der Waals surface area contributed by atoms with Crippen molar-refractivity contribution in [1.29, 1.82) is 0 Å².